The molecule has 27 heavy (non-hydrogen) atoms. The Morgan fingerprint density at radius 1 is 1.19 bits per heavy atom. The summed E-state index contributed by atoms with van der Waals surface area (Å²) in [6.07, 6.45) is 1.63. The number of hydrogen-bond donors (Lipinski definition) is 1. The molecule has 0 aliphatic carbocycles. The van der Waals surface area contributed by atoms with E-state index in [1.165, 1.54) is 11.3 Å². The molecule has 0 aliphatic heterocycles. The largest absolute Gasteiger partial charge is 0.431 e. The van der Waals surface area contributed by atoms with Gasteiger partial charge in [-0.3, -0.25) is 4.79 Å². The molecule has 0 fully saturated rings. The lowest BCUT2D eigenvalue weighted by Crippen LogP contribution is -2.31. The summed E-state index contributed by atoms with van der Waals surface area (Å²) in [7, 11) is 0. The van der Waals surface area contributed by atoms with E-state index in [9.17, 15) is 4.79 Å². The predicted octanol–water partition coefficient (Wildman–Crippen LogP) is 5.41. The van der Waals surface area contributed by atoms with Gasteiger partial charge in [0.15, 0.2) is 0 Å². The lowest BCUT2D eigenvalue weighted by atomic mass is 10.2. The highest BCUT2D eigenvalue weighted by Crippen LogP contribution is 2.27. The molecule has 0 bridgehead atoms. The van der Waals surface area contributed by atoms with Crippen LogP contribution in [0.3, 0.4) is 0 Å². The molecular formula is C20H14Cl2N2O2S. The molecule has 3 rings (SSSR count). The van der Waals surface area contributed by atoms with E-state index in [4.69, 9.17) is 27.9 Å². The van der Waals surface area contributed by atoms with Crippen molar-refractivity contribution in [3.05, 3.63) is 75.2 Å². The van der Waals surface area contributed by atoms with E-state index in [0.717, 1.165) is 4.88 Å². The van der Waals surface area contributed by atoms with Gasteiger partial charge in [-0.1, -0.05) is 52.4 Å². The fourth-order valence-corrected chi connectivity index (χ4v) is 3.04. The summed E-state index contributed by atoms with van der Waals surface area (Å²) in [4.78, 5) is 17.1. The maximum atomic E-state index is 12.2. The summed E-state index contributed by atoms with van der Waals surface area (Å²) in [6, 6.07) is 13.4. The van der Waals surface area contributed by atoms with E-state index in [2.05, 4.69) is 22.1 Å². The molecule has 7 heteroatoms. The smallest absolute Gasteiger partial charge is 0.279 e. The number of nitrogens with zero attached hydrogens (tertiary/aromatic N) is 1. The van der Waals surface area contributed by atoms with E-state index < -0.39 is 0 Å². The first-order chi connectivity index (χ1) is 13.0. The molecule has 1 heterocycles. The number of nitrogens with one attached hydrogen (secondary N) is 1. The van der Waals surface area contributed by atoms with Gasteiger partial charge in [-0.2, -0.15) is 0 Å². The van der Waals surface area contributed by atoms with E-state index in [1.54, 1.807) is 54.7 Å². The molecular weight excluding hydrogens is 403 g/mol. The molecule has 4 nitrogen and oxygen atoms in total. The summed E-state index contributed by atoms with van der Waals surface area (Å²) in [5.74, 6) is 6.38. The van der Waals surface area contributed by atoms with E-state index >= 15 is 0 Å². The Morgan fingerprint density at radius 2 is 1.96 bits per heavy atom. The van der Waals surface area contributed by atoms with Crippen LogP contribution >= 0.6 is 34.5 Å². The number of halogens is 2. The topological polar surface area (TPSA) is 51.2 Å². The van der Waals surface area contributed by atoms with Gasteiger partial charge in [0, 0.05) is 15.6 Å². The van der Waals surface area contributed by atoms with Crippen LogP contribution in [0.15, 0.2) is 54.7 Å². The van der Waals surface area contributed by atoms with Gasteiger partial charge in [0.2, 0.25) is 0 Å². The summed E-state index contributed by atoms with van der Waals surface area (Å²) in [5.41, 5.74) is 0.531. The van der Waals surface area contributed by atoms with E-state index in [-0.39, 0.29) is 11.9 Å². The van der Waals surface area contributed by atoms with Crippen LogP contribution in [0.1, 0.15) is 22.2 Å². The van der Waals surface area contributed by atoms with Crippen molar-refractivity contribution in [1.82, 2.24) is 10.3 Å². The van der Waals surface area contributed by atoms with E-state index in [0.29, 0.717) is 26.6 Å². The van der Waals surface area contributed by atoms with Crippen LogP contribution in [0.5, 0.6) is 10.9 Å². The summed E-state index contributed by atoms with van der Waals surface area (Å²) in [6.45, 7) is 1.81. The highest BCUT2D eigenvalue weighted by Gasteiger charge is 2.08. The van der Waals surface area contributed by atoms with Crippen LogP contribution in [0, 0.1) is 11.8 Å². The minimum atomic E-state index is -0.326. The van der Waals surface area contributed by atoms with E-state index in [1.807, 2.05) is 6.92 Å². The molecule has 0 aliphatic rings. The minimum Gasteiger partial charge on any atom is -0.431 e. The first-order valence-corrected chi connectivity index (χ1v) is 9.54. The third-order valence-electron chi connectivity index (χ3n) is 3.35. The van der Waals surface area contributed by atoms with Crippen LogP contribution in [0.25, 0.3) is 0 Å². The molecule has 1 unspecified atom stereocenters. The van der Waals surface area contributed by atoms with Crippen molar-refractivity contribution in [3.63, 3.8) is 0 Å². The SMILES string of the molecule is CC(C#Cc1cnc(Oc2cccc(Cl)c2)s1)NC(=O)c1ccc(Cl)cc1. The number of amides is 1. The van der Waals surface area contributed by atoms with Crippen LogP contribution < -0.4 is 10.1 Å². The molecule has 1 atom stereocenters. The molecule has 1 aromatic heterocycles. The average Bonchev–Trinajstić information content (AvgIpc) is 3.08. The van der Waals surface area contributed by atoms with Gasteiger partial charge in [-0.15, -0.1) is 0 Å². The highest BCUT2D eigenvalue weighted by molar-refractivity contribution is 7.13. The number of rotatable bonds is 4. The number of carbonyl (C=O) groups excluding carboxylic acids is 1. The Kier molecular flexibility index (Phi) is 6.36. The Morgan fingerprint density at radius 3 is 2.70 bits per heavy atom. The molecule has 3 aromatic rings. The fourth-order valence-electron chi connectivity index (χ4n) is 2.09. The van der Waals surface area contributed by atoms with Crippen molar-refractivity contribution >= 4 is 40.4 Å². The molecule has 0 spiro atoms. The molecule has 2 aromatic carbocycles. The fraction of sp³-hybridized carbons (Fsp3) is 0.100. The van der Waals surface area contributed by atoms with Gasteiger partial charge in [-0.25, -0.2) is 4.98 Å². The van der Waals surface area contributed by atoms with Crippen LogP contribution in [-0.4, -0.2) is 16.9 Å². The van der Waals surface area contributed by atoms with Gasteiger partial charge < -0.3 is 10.1 Å². The molecule has 136 valence electrons. The van der Waals surface area contributed by atoms with Crippen LogP contribution in [0.4, 0.5) is 0 Å². The number of carbonyl (C=O) groups is 1. The number of ether oxygens (including phenoxy) is 1. The maximum Gasteiger partial charge on any atom is 0.279 e. The third-order valence-corrected chi connectivity index (χ3v) is 4.63. The zero-order valence-electron chi connectivity index (χ0n) is 14.2. The van der Waals surface area contributed by atoms with Crippen molar-refractivity contribution in [2.24, 2.45) is 0 Å². The monoisotopic (exact) mass is 416 g/mol. The van der Waals surface area contributed by atoms with Gasteiger partial charge in [-0.05, 0) is 49.4 Å². The summed E-state index contributed by atoms with van der Waals surface area (Å²) >= 11 is 13.1. The number of hydrogen-bond acceptors (Lipinski definition) is 4. The quantitative estimate of drug-likeness (QED) is 0.578. The second-order valence-corrected chi connectivity index (χ2v) is 7.39. The molecule has 0 saturated heterocycles. The zero-order valence-corrected chi connectivity index (χ0v) is 16.5. The summed E-state index contributed by atoms with van der Waals surface area (Å²) < 4.78 is 5.65. The Labute approximate surface area is 171 Å². The standard InChI is InChI=1S/C20H14Cl2N2O2S/c1-13(24-19(25)14-6-8-15(21)9-7-14)5-10-18-12-23-20(27-18)26-17-4-2-3-16(22)11-17/h2-4,6-9,11-13H,1H3,(H,24,25). The number of aromatic nitrogens is 1. The van der Waals surface area contributed by atoms with Crippen molar-refractivity contribution in [1.29, 1.82) is 0 Å². The lowest BCUT2D eigenvalue weighted by Gasteiger charge is -2.07. The minimum absolute atomic E-state index is 0.206. The van der Waals surface area contributed by atoms with Crippen molar-refractivity contribution in [2.75, 3.05) is 0 Å². The second kappa shape index (κ2) is 8.92. The van der Waals surface area contributed by atoms with Gasteiger partial charge >= 0.3 is 0 Å². The predicted molar refractivity (Wildman–Crippen MR) is 109 cm³/mol. The summed E-state index contributed by atoms with van der Waals surface area (Å²) in [5, 5.41) is 4.47. The van der Waals surface area contributed by atoms with Crippen molar-refractivity contribution < 1.29 is 9.53 Å². The second-order valence-electron chi connectivity index (χ2n) is 5.52. The van der Waals surface area contributed by atoms with Crippen molar-refractivity contribution in [3.8, 4) is 22.8 Å². The van der Waals surface area contributed by atoms with Crippen molar-refractivity contribution in [2.45, 2.75) is 13.0 Å². The zero-order chi connectivity index (χ0) is 19.2. The first-order valence-electron chi connectivity index (χ1n) is 7.97. The molecule has 0 saturated carbocycles. The molecule has 1 N–H and O–H groups in total. The van der Waals surface area contributed by atoms with Gasteiger partial charge in [0.25, 0.3) is 11.1 Å². The third kappa shape index (κ3) is 5.73. The Balaban J connectivity index is 1.59. The molecule has 1 amide bonds. The van der Waals surface area contributed by atoms with Gasteiger partial charge in [0.1, 0.15) is 10.6 Å². The van der Waals surface area contributed by atoms with Crippen LogP contribution in [-0.2, 0) is 0 Å². The van der Waals surface area contributed by atoms with Crippen LogP contribution in [0.2, 0.25) is 10.0 Å². The maximum absolute atomic E-state index is 12.2. The highest BCUT2D eigenvalue weighted by atomic mass is 35.5. The number of thiazole rings is 1. The Hall–Kier alpha value is -2.52. The Bertz CT molecular complexity index is 1010. The van der Waals surface area contributed by atoms with Gasteiger partial charge in [0.05, 0.1) is 12.2 Å². The lowest BCUT2D eigenvalue weighted by molar-refractivity contribution is 0.0948. The normalized spacial score (nSPS) is 11.2. The first kappa shape index (κ1) is 19.2. The molecule has 0 radical (unpaired) electrons. The average molecular weight is 417 g/mol. The number of benzene rings is 2.